The molecule has 0 bridgehead atoms. The quantitative estimate of drug-likeness (QED) is 0.701. The van der Waals surface area contributed by atoms with Gasteiger partial charge in [-0.25, -0.2) is 17.8 Å². The van der Waals surface area contributed by atoms with Crippen LogP contribution in [0.3, 0.4) is 0 Å². The third-order valence-corrected chi connectivity index (χ3v) is 7.92. The molecule has 2 fully saturated rings. The fourth-order valence-corrected chi connectivity index (χ4v) is 6.42. The Morgan fingerprint density at radius 3 is 2.48 bits per heavy atom. The van der Waals surface area contributed by atoms with Crippen LogP contribution in [0.25, 0.3) is 0 Å². The van der Waals surface area contributed by atoms with Crippen LogP contribution in [-0.2, 0) is 14.8 Å². The van der Waals surface area contributed by atoms with E-state index in [1.54, 1.807) is 0 Å². The van der Waals surface area contributed by atoms with Crippen molar-refractivity contribution in [2.24, 2.45) is 5.92 Å². The predicted octanol–water partition coefficient (Wildman–Crippen LogP) is 1.42. The number of sulfonamides is 1. The molecule has 2 aliphatic heterocycles. The average molecular weight is 370 g/mol. The molecule has 3 amide bonds. The van der Waals surface area contributed by atoms with Crippen molar-refractivity contribution in [3.63, 3.8) is 0 Å². The van der Waals surface area contributed by atoms with Crippen molar-refractivity contribution in [3.8, 4) is 0 Å². The lowest BCUT2D eigenvalue weighted by molar-refractivity contribution is -0.399. The van der Waals surface area contributed by atoms with E-state index in [0.29, 0.717) is 12.5 Å². The van der Waals surface area contributed by atoms with Crippen molar-refractivity contribution in [3.05, 3.63) is 0 Å². The minimum atomic E-state index is -3.81. The van der Waals surface area contributed by atoms with E-state index >= 15 is 0 Å². The number of rotatable bonds is 4. The van der Waals surface area contributed by atoms with Gasteiger partial charge >= 0.3 is 11.9 Å². The van der Waals surface area contributed by atoms with Gasteiger partial charge < -0.3 is 0 Å². The number of nitrogens with zero attached hydrogens (tertiary/aromatic N) is 3. The molecule has 7 nitrogen and oxygen atoms in total. The van der Waals surface area contributed by atoms with Gasteiger partial charge in [0.15, 0.2) is 0 Å². The van der Waals surface area contributed by atoms with E-state index in [-0.39, 0.29) is 6.04 Å². The lowest BCUT2D eigenvalue weighted by Gasteiger charge is -2.31. The Kier molecular flexibility index (Phi) is 5.29. The van der Waals surface area contributed by atoms with Gasteiger partial charge in [0, 0.05) is 12.6 Å². The van der Waals surface area contributed by atoms with E-state index < -0.39 is 27.2 Å². The summed E-state index contributed by atoms with van der Waals surface area (Å²) in [5.74, 6) is -0.0704. The Balaban J connectivity index is 1.80. The summed E-state index contributed by atoms with van der Waals surface area (Å²) in [6.45, 7) is 0.471. The maximum atomic E-state index is 13.2. The Morgan fingerprint density at radius 2 is 1.80 bits per heavy atom. The van der Waals surface area contributed by atoms with Crippen LogP contribution in [-0.4, -0.2) is 72.3 Å². The molecule has 0 aromatic heterocycles. The third-order valence-electron chi connectivity index (χ3n) is 5.82. The molecular formula is C17H28N3O4S+. The van der Waals surface area contributed by atoms with Gasteiger partial charge in [0.2, 0.25) is 15.3 Å². The summed E-state index contributed by atoms with van der Waals surface area (Å²) in [5, 5.41) is -1.30. The Morgan fingerprint density at radius 1 is 1.12 bits per heavy atom. The van der Waals surface area contributed by atoms with Crippen LogP contribution in [0, 0.1) is 5.92 Å². The Bertz CT molecular complexity index is 682. The van der Waals surface area contributed by atoms with Gasteiger partial charge in [0.25, 0.3) is 0 Å². The fraction of sp³-hybridized carbons (Fsp3) is 0.824. The highest BCUT2D eigenvalue weighted by molar-refractivity contribution is 7.91. The normalized spacial score (nSPS) is 30.0. The van der Waals surface area contributed by atoms with E-state index in [2.05, 4.69) is 0 Å². The molecular weight excluding hydrogens is 342 g/mol. The second-order valence-corrected chi connectivity index (χ2v) is 9.56. The summed E-state index contributed by atoms with van der Waals surface area (Å²) in [5.41, 5.74) is 0. The van der Waals surface area contributed by atoms with Gasteiger partial charge in [-0.3, -0.25) is 0 Å². The van der Waals surface area contributed by atoms with Gasteiger partial charge in [0.05, 0.1) is 14.1 Å². The summed E-state index contributed by atoms with van der Waals surface area (Å²) in [6, 6.07) is -0.515. The largest absolute Gasteiger partial charge is 0.500 e. The summed E-state index contributed by atoms with van der Waals surface area (Å²) < 4.78 is 29.0. The predicted molar refractivity (Wildman–Crippen MR) is 94.0 cm³/mol. The number of carbonyl (C=O) groups is 2. The maximum absolute atomic E-state index is 13.2. The molecule has 1 aliphatic carbocycles. The molecule has 25 heavy (non-hydrogen) atoms. The minimum absolute atomic E-state index is 0.0115. The number of urea groups is 1. The SMILES string of the molecule is CN1C(=O)C(S(=O)(=O)N2CCCC2CC2CCCCC2)C=[N+](C)C1=O. The first-order chi connectivity index (χ1) is 11.8. The van der Waals surface area contributed by atoms with Crippen LogP contribution in [0.2, 0.25) is 0 Å². The molecule has 2 unspecified atom stereocenters. The lowest BCUT2D eigenvalue weighted by atomic mass is 9.84. The topological polar surface area (TPSA) is 77.8 Å². The summed E-state index contributed by atoms with van der Waals surface area (Å²) in [4.78, 5) is 25.2. The van der Waals surface area contributed by atoms with E-state index in [9.17, 15) is 18.0 Å². The third kappa shape index (κ3) is 3.51. The molecule has 3 rings (SSSR count). The van der Waals surface area contributed by atoms with Crippen LogP contribution >= 0.6 is 0 Å². The molecule has 8 heteroatoms. The second kappa shape index (κ2) is 7.15. The molecule has 1 saturated carbocycles. The fourth-order valence-electron chi connectivity index (χ4n) is 4.39. The minimum Gasteiger partial charge on any atom is -0.245 e. The van der Waals surface area contributed by atoms with Crippen LogP contribution in [0.15, 0.2) is 0 Å². The van der Waals surface area contributed by atoms with E-state index in [4.69, 9.17) is 0 Å². The zero-order chi connectivity index (χ0) is 18.2. The highest BCUT2D eigenvalue weighted by Gasteiger charge is 2.50. The first kappa shape index (κ1) is 18.5. The van der Waals surface area contributed by atoms with Crippen molar-refractivity contribution in [1.29, 1.82) is 0 Å². The second-order valence-electron chi connectivity index (χ2n) is 7.55. The smallest absolute Gasteiger partial charge is 0.245 e. The summed E-state index contributed by atoms with van der Waals surface area (Å²) in [6.07, 6.45) is 9.94. The summed E-state index contributed by atoms with van der Waals surface area (Å²) >= 11 is 0. The van der Waals surface area contributed by atoms with Crippen molar-refractivity contribution in [2.75, 3.05) is 20.6 Å². The van der Waals surface area contributed by atoms with E-state index in [1.165, 1.54) is 61.3 Å². The highest BCUT2D eigenvalue weighted by Crippen LogP contribution is 2.34. The van der Waals surface area contributed by atoms with Crippen LogP contribution in [0.5, 0.6) is 0 Å². The van der Waals surface area contributed by atoms with Crippen molar-refractivity contribution < 1.29 is 22.6 Å². The number of hydrogen-bond donors (Lipinski definition) is 0. The Hall–Kier alpha value is -1.28. The van der Waals surface area contributed by atoms with E-state index in [0.717, 1.165) is 24.2 Å². The molecule has 3 aliphatic rings. The van der Waals surface area contributed by atoms with Gasteiger partial charge in [-0.1, -0.05) is 32.1 Å². The van der Waals surface area contributed by atoms with Crippen molar-refractivity contribution in [2.45, 2.75) is 62.7 Å². The lowest BCUT2D eigenvalue weighted by Crippen LogP contribution is -2.56. The molecule has 2 atom stereocenters. The van der Waals surface area contributed by atoms with Gasteiger partial charge in [-0.05, 0) is 25.2 Å². The zero-order valence-electron chi connectivity index (χ0n) is 15.1. The van der Waals surface area contributed by atoms with Crippen molar-refractivity contribution in [1.82, 2.24) is 9.21 Å². The van der Waals surface area contributed by atoms with Crippen molar-refractivity contribution >= 4 is 28.2 Å². The summed E-state index contributed by atoms with van der Waals surface area (Å²) in [7, 11) is -0.991. The molecule has 0 aromatic rings. The van der Waals surface area contributed by atoms with Gasteiger partial charge in [-0.2, -0.15) is 14.0 Å². The van der Waals surface area contributed by atoms with Gasteiger partial charge in [0.1, 0.15) is 6.21 Å². The molecule has 0 spiro atoms. The number of hydrogen-bond acceptors (Lipinski definition) is 4. The molecule has 140 valence electrons. The van der Waals surface area contributed by atoms with Gasteiger partial charge in [-0.15, -0.1) is 0 Å². The van der Waals surface area contributed by atoms with E-state index in [1.807, 2.05) is 0 Å². The highest BCUT2D eigenvalue weighted by atomic mass is 32.2. The number of imide groups is 1. The molecule has 1 saturated heterocycles. The Labute approximate surface area is 149 Å². The standard InChI is InChI=1S/C17H28N3O4S/c1-18-12-15(16(21)19(2)17(18)22)25(23,24)20-10-6-9-14(20)11-13-7-4-3-5-8-13/h12-15H,3-11H2,1-2H3/q+1. The zero-order valence-corrected chi connectivity index (χ0v) is 15.9. The number of amides is 3. The maximum Gasteiger partial charge on any atom is 0.500 e. The average Bonchev–Trinajstić information content (AvgIpc) is 3.06. The monoisotopic (exact) mass is 370 g/mol. The van der Waals surface area contributed by atoms with Crippen LogP contribution in [0.4, 0.5) is 4.79 Å². The molecule has 2 heterocycles. The molecule has 0 N–H and O–H groups in total. The van der Waals surface area contributed by atoms with Crippen LogP contribution in [0.1, 0.15) is 51.4 Å². The molecule has 0 aromatic carbocycles. The number of carbonyl (C=O) groups excluding carboxylic acids is 2. The first-order valence-corrected chi connectivity index (χ1v) is 10.7. The molecule has 0 radical (unpaired) electrons. The van der Waals surface area contributed by atoms with Crippen LogP contribution < -0.4 is 0 Å². The first-order valence-electron chi connectivity index (χ1n) is 9.22.